The summed E-state index contributed by atoms with van der Waals surface area (Å²) in [7, 11) is 0. The smallest absolute Gasteiger partial charge is 0.171 e. The lowest BCUT2D eigenvalue weighted by atomic mass is 9.88. The van der Waals surface area contributed by atoms with Crippen LogP contribution in [0.15, 0.2) is 48.5 Å². The fourth-order valence-corrected chi connectivity index (χ4v) is 2.56. The summed E-state index contributed by atoms with van der Waals surface area (Å²) in [4.78, 5) is 12.6. The number of Topliss-reactive ketones (excluding diaryl/α,β-unsaturated/α-hetero) is 1. The van der Waals surface area contributed by atoms with Crippen LogP contribution in [0.5, 0.6) is 0 Å². The number of hydrogen-bond donors (Lipinski definition) is 0. The van der Waals surface area contributed by atoms with Crippen molar-refractivity contribution in [2.24, 2.45) is 0 Å². The van der Waals surface area contributed by atoms with Crippen molar-refractivity contribution in [2.75, 3.05) is 0 Å². The number of ketones is 1. The van der Waals surface area contributed by atoms with Gasteiger partial charge in [-0.2, -0.15) is 5.26 Å². The van der Waals surface area contributed by atoms with E-state index in [1.54, 1.807) is 18.2 Å². The molecule has 2 nitrogen and oxygen atoms in total. The molecule has 2 aromatic rings. The summed E-state index contributed by atoms with van der Waals surface area (Å²) >= 11 is 11.8. The molecule has 0 aliphatic heterocycles. The first-order valence-electron chi connectivity index (χ1n) is 6.04. The van der Waals surface area contributed by atoms with E-state index in [1.807, 2.05) is 30.3 Å². The maximum atomic E-state index is 12.6. The average Bonchev–Trinajstić information content (AvgIpc) is 2.44. The van der Waals surface area contributed by atoms with Crippen molar-refractivity contribution in [3.63, 3.8) is 0 Å². The Morgan fingerprint density at radius 3 is 2.25 bits per heavy atom. The van der Waals surface area contributed by atoms with Crippen LogP contribution in [0, 0.1) is 11.3 Å². The SMILES string of the molecule is N#CCC(C(=O)c1cc(Cl)cc(Cl)c1)c1ccccc1. The highest BCUT2D eigenvalue weighted by atomic mass is 35.5. The summed E-state index contributed by atoms with van der Waals surface area (Å²) in [5.41, 5.74) is 1.24. The van der Waals surface area contributed by atoms with E-state index in [0.29, 0.717) is 15.6 Å². The van der Waals surface area contributed by atoms with E-state index < -0.39 is 5.92 Å². The fraction of sp³-hybridized carbons (Fsp3) is 0.125. The molecule has 0 aliphatic carbocycles. The van der Waals surface area contributed by atoms with Crippen LogP contribution in [0.2, 0.25) is 10.0 Å². The molecule has 0 aliphatic rings. The number of carbonyl (C=O) groups excluding carboxylic acids is 1. The van der Waals surface area contributed by atoms with Gasteiger partial charge in [0.1, 0.15) is 0 Å². The summed E-state index contributed by atoms with van der Waals surface area (Å²) in [6.45, 7) is 0. The molecule has 100 valence electrons. The number of nitrogens with zero attached hydrogens (tertiary/aromatic N) is 1. The second-order valence-electron chi connectivity index (χ2n) is 4.35. The second kappa shape index (κ2) is 6.56. The largest absolute Gasteiger partial charge is 0.293 e. The first kappa shape index (κ1) is 14.6. The molecule has 4 heteroatoms. The molecule has 0 amide bonds. The Labute approximate surface area is 127 Å². The van der Waals surface area contributed by atoms with Gasteiger partial charge in [0.05, 0.1) is 12.0 Å². The zero-order chi connectivity index (χ0) is 14.5. The van der Waals surface area contributed by atoms with Gasteiger partial charge in [0.15, 0.2) is 5.78 Å². The van der Waals surface area contributed by atoms with Crippen molar-refractivity contribution < 1.29 is 4.79 Å². The molecule has 0 spiro atoms. The number of benzene rings is 2. The van der Waals surface area contributed by atoms with Gasteiger partial charge in [-0.25, -0.2) is 0 Å². The van der Waals surface area contributed by atoms with Crippen molar-refractivity contribution in [3.05, 3.63) is 69.7 Å². The molecule has 0 aromatic heterocycles. The quantitative estimate of drug-likeness (QED) is 0.756. The van der Waals surface area contributed by atoms with E-state index in [2.05, 4.69) is 6.07 Å². The third-order valence-corrected chi connectivity index (χ3v) is 3.40. The molecular weight excluding hydrogens is 293 g/mol. The molecule has 2 aromatic carbocycles. The molecule has 0 radical (unpaired) electrons. The molecule has 2 rings (SSSR count). The van der Waals surface area contributed by atoms with Crippen LogP contribution in [0.3, 0.4) is 0 Å². The standard InChI is InChI=1S/C16H11Cl2NO/c17-13-8-12(9-14(18)10-13)16(20)15(6-7-19)11-4-2-1-3-5-11/h1-5,8-10,15H,6H2. The van der Waals surface area contributed by atoms with Gasteiger partial charge in [-0.15, -0.1) is 0 Å². The maximum Gasteiger partial charge on any atom is 0.171 e. The molecule has 1 atom stereocenters. The predicted octanol–water partition coefficient (Wildman–Crippen LogP) is 4.87. The van der Waals surface area contributed by atoms with Crippen LogP contribution < -0.4 is 0 Å². The number of carbonyl (C=O) groups is 1. The number of rotatable bonds is 4. The van der Waals surface area contributed by atoms with E-state index in [1.165, 1.54) is 0 Å². The molecule has 0 N–H and O–H groups in total. The Hall–Kier alpha value is -1.82. The zero-order valence-electron chi connectivity index (χ0n) is 10.5. The molecule has 0 heterocycles. The van der Waals surface area contributed by atoms with Gasteiger partial charge in [0, 0.05) is 22.0 Å². The first-order chi connectivity index (χ1) is 9.61. The van der Waals surface area contributed by atoms with E-state index in [-0.39, 0.29) is 12.2 Å². The van der Waals surface area contributed by atoms with E-state index in [0.717, 1.165) is 5.56 Å². The lowest BCUT2D eigenvalue weighted by Gasteiger charge is -2.13. The van der Waals surface area contributed by atoms with Crippen molar-refractivity contribution in [3.8, 4) is 6.07 Å². The highest BCUT2D eigenvalue weighted by Crippen LogP contribution is 2.27. The highest BCUT2D eigenvalue weighted by Gasteiger charge is 2.22. The Kier molecular flexibility index (Phi) is 4.79. The van der Waals surface area contributed by atoms with Crippen LogP contribution in [-0.2, 0) is 0 Å². The molecule has 0 fully saturated rings. The third-order valence-electron chi connectivity index (χ3n) is 2.96. The summed E-state index contributed by atoms with van der Waals surface area (Å²) in [5.74, 6) is -0.655. The van der Waals surface area contributed by atoms with Crippen molar-refractivity contribution in [1.29, 1.82) is 5.26 Å². The number of hydrogen-bond acceptors (Lipinski definition) is 2. The Bertz CT molecular complexity index is 642. The molecule has 0 saturated carbocycles. The summed E-state index contributed by atoms with van der Waals surface area (Å²) in [6, 6.07) is 16.0. The molecular formula is C16H11Cl2NO. The Balaban J connectivity index is 2.39. The third kappa shape index (κ3) is 3.39. The van der Waals surface area contributed by atoms with Gasteiger partial charge in [0.2, 0.25) is 0 Å². The van der Waals surface area contributed by atoms with E-state index in [9.17, 15) is 4.79 Å². The number of halogens is 2. The van der Waals surface area contributed by atoms with Gasteiger partial charge in [-0.1, -0.05) is 53.5 Å². The minimum atomic E-state index is -0.504. The summed E-state index contributed by atoms with van der Waals surface area (Å²) in [5, 5.41) is 9.76. The zero-order valence-corrected chi connectivity index (χ0v) is 12.0. The van der Waals surface area contributed by atoms with Gasteiger partial charge >= 0.3 is 0 Å². The van der Waals surface area contributed by atoms with Crippen LogP contribution >= 0.6 is 23.2 Å². The molecule has 1 unspecified atom stereocenters. The normalized spacial score (nSPS) is 11.7. The minimum Gasteiger partial charge on any atom is -0.293 e. The van der Waals surface area contributed by atoms with Crippen LogP contribution in [-0.4, -0.2) is 5.78 Å². The van der Waals surface area contributed by atoms with Crippen LogP contribution in [0.4, 0.5) is 0 Å². The lowest BCUT2D eigenvalue weighted by molar-refractivity contribution is 0.0960. The highest BCUT2D eigenvalue weighted by molar-refractivity contribution is 6.35. The monoisotopic (exact) mass is 303 g/mol. The van der Waals surface area contributed by atoms with Gasteiger partial charge in [0.25, 0.3) is 0 Å². The molecule has 0 bridgehead atoms. The average molecular weight is 304 g/mol. The summed E-state index contributed by atoms with van der Waals surface area (Å²) in [6.07, 6.45) is 0.118. The fourth-order valence-electron chi connectivity index (χ4n) is 2.04. The second-order valence-corrected chi connectivity index (χ2v) is 5.22. The van der Waals surface area contributed by atoms with Crippen LogP contribution in [0.25, 0.3) is 0 Å². The Morgan fingerprint density at radius 1 is 1.10 bits per heavy atom. The maximum absolute atomic E-state index is 12.6. The summed E-state index contributed by atoms with van der Waals surface area (Å²) < 4.78 is 0. The lowest BCUT2D eigenvalue weighted by Crippen LogP contribution is -2.12. The number of nitriles is 1. The van der Waals surface area contributed by atoms with Crippen molar-refractivity contribution in [2.45, 2.75) is 12.3 Å². The van der Waals surface area contributed by atoms with E-state index in [4.69, 9.17) is 28.5 Å². The van der Waals surface area contributed by atoms with Crippen molar-refractivity contribution >= 4 is 29.0 Å². The van der Waals surface area contributed by atoms with Gasteiger partial charge < -0.3 is 0 Å². The van der Waals surface area contributed by atoms with Gasteiger partial charge in [-0.05, 0) is 23.8 Å². The van der Waals surface area contributed by atoms with Crippen molar-refractivity contribution in [1.82, 2.24) is 0 Å². The topological polar surface area (TPSA) is 40.9 Å². The van der Waals surface area contributed by atoms with Crippen LogP contribution in [0.1, 0.15) is 28.3 Å². The predicted molar refractivity (Wildman–Crippen MR) is 80.2 cm³/mol. The molecule has 20 heavy (non-hydrogen) atoms. The van der Waals surface area contributed by atoms with Gasteiger partial charge in [-0.3, -0.25) is 4.79 Å². The Morgan fingerprint density at radius 2 is 1.70 bits per heavy atom. The first-order valence-corrected chi connectivity index (χ1v) is 6.79. The molecule has 0 saturated heterocycles. The van der Waals surface area contributed by atoms with E-state index >= 15 is 0 Å². The minimum absolute atomic E-state index is 0.118.